The first-order chi connectivity index (χ1) is 9.49. The minimum atomic E-state index is 0.221. The van der Waals surface area contributed by atoms with Crippen molar-refractivity contribution in [2.75, 3.05) is 0 Å². The van der Waals surface area contributed by atoms with Gasteiger partial charge in [-0.3, -0.25) is 0 Å². The van der Waals surface area contributed by atoms with Crippen molar-refractivity contribution in [3.63, 3.8) is 0 Å². The number of benzene rings is 2. The van der Waals surface area contributed by atoms with Crippen molar-refractivity contribution in [2.45, 2.75) is 43.4 Å². The smallest absolute Gasteiger partial charge is 0.0232 e. The highest BCUT2D eigenvalue weighted by Gasteiger charge is 2.12. The minimum absolute atomic E-state index is 0.221. The Bertz CT molecular complexity index is 552. The first kappa shape index (κ1) is 15.1. The summed E-state index contributed by atoms with van der Waals surface area (Å²) in [7, 11) is 0. The lowest BCUT2D eigenvalue weighted by molar-refractivity contribution is 0.590. The van der Waals surface area contributed by atoms with Gasteiger partial charge in [-0.2, -0.15) is 0 Å². The van der Waals surface area contributed by atoms with E-state index in [1.807, 2.05) is 11.8 Å². The minimum Gasteiger partial charge on any atom is -0.326 e. The van der Waals surface area contributed by atoms with Gasteiger partial charge in [-0.1, -0.05) is 57.2 Å². The predicted molar refractivity (Wildman–Crippen MR) is 89.0 cm³/mol. The Morgan fingerprint density at radius 3 is 2.20 bits per heavy atom. The Balaban J connectivity index is 2.00. The molecule has 0 saturated heterocycles. The molecule has 0 aliphatic carbocycles. The molecule has 0 fully saturated rings. The van der Waals surface area contributed by atoms with Crippen molar-refractivity contribution >= 4 is 11.8 Å². The molecule has 0 aromatic heterocycles. The molecule has 0 saturated carbocycles. The summed E-state index contributed by atoms with van der Waals surface area (Å²) in [6.07, 6.45) is 0. The molecular formula is C18H23NS. The summed E-state index contributed by atoms with van der Waals surface area (Å²) in [5, 5.41) is 0. The van der Waals surface area contributed by atoms with Crippen LogP contribution in [0.15, 0.2) is 53.4 Å². The molecule has 0 radical (unpaired) electrons. The number of hydrogen-bond donors (Lipinski definition) is 1. The van der Waals surface area contributed by atoms with Gasteiger partial charge in [0.05, 0.1) is 0 Å². The maximum absolute atomic E-state index is 5.68. The van der Waals surface area contributed by atoms with E-state index >= 15 is 0 Å². The number of thioether (sulfide) groups is 1. The highest BCUT2D eigenvalue weighted by Crippen LogP contribution is 2.27. The fourth-order valence-corrected chi connectivity index (χ4v) is 2.91. The molecule has 0 amide bonds. The fraction of sp³-hybridized carbons (Fsp3) is 0.333. The maximum atomic E-state index is 5.68. The van der Waals surface area contributed by atoms with E-state index in [9.17, 15) is 0 Å². The quantitative estimate of drug-likeness (QED) is 0.821. The second kappa shape index (κ2) is 6.47. The van der Waals surface area contributed by atoms with Gasteiger partial charge < -0.3 is 5.73 Å². The molecule has 2 aromatic rings. The van der Waals surface area contributed by atoms with Crippen molar-refractivity contribution in [2.24, 2.45) is 5.73 Å². The summed E-state index contributed by atoms with van der Waals surface area (Å²) in [6, 6.07) is 17.4. The first-order valence-electron chi connectivity index (χ1n) is 7.00. The van der Waals surface area contributed by atoms with E-state index < -0.39 is 0 Å². The largest absolute Gasteiger partial charge is 0.326 e. The molecule has 0 heterocycles. The van der Waals surface area contributed by atoms with Crippen LogP contribution < -0.4 is 5.73 Å². The molecule has 0 atom stereocenters. The molecule has 2 heteroatoms. The third-order valence-corrected chi connectivity index (χ3v) is 4.44. The lowest BCUT2D eigenvalue weighted by Gasteiger charge is -2.19. The van der Waals surface area contributed by atoms with E-state index in [0.29, 0.717) is 6.54 Å². The van der Waals surface area contributed by atoms with Gasteiger partial charge in [-0.05, 0) is 34.2 Å². The van der Waals surface area contributed by atoms with Gasteiger partial charge in [0.25, 0.3) is 0 Å². The van der Waals surface area contributed by atoms with Crippen LogP contribution in [0.4, 0.5) is 0 Å². The Hall–Kier alpha value is -1.25. The Morgan fingerprint density at radius 1 is 0.950 bits per heavy atom. The van der Waals surface area contributed by atoms with Crippen LogP contribution in [0.5, 0.6) is 0 Å². The van der Waals surface area contributed by atoms with Gasteiger partial charge in [0.2, 0.25) is 0 Å². The Morgan fingerprint density at radius 2 is 1.60 bits per heavy atom. The van der Waals surface area contributed by atoms with Crippen molar-refractivity contribution in [1.82, 2.24) is 0 Å². The van der Waals surface area contributed by atoms with Crippen molar-refractivity contribution < 1.29 is 0 Å². The van der Waals surface area contributed by atoms with Crippen LogP contribution in [-0.4, -0.2) is 0 Å². The second-order valence-corrected chi connectivity index (χ2v) is 7.14. The van der Waals surface area contributed by atoms with Gasteiger partial charge in [0.1, 0.15) is 0 Å². The number of nitrogens with two attached hydrogens (primary N) is 1. The zero-order valence-electron chi connectivity index (χ0n) is 12.5. The van der Waals surface area contributed by atoms with Crippen LogP contribution >= 0.6 is 11.8 Å². The molecular weight excluding hydrogens is 262 g/mol. The van der Waals surface area contributed by atoms with Gasteiger partial charge in [-0.25, -0.2) is 0 Å². The third-order valence-electron chi connectivity index (χ3n) is 3.35. The van der Waals surface area contributed by atoms with Gasteiger partial charge in [0, 0.05) is 17.2 Å². The van der Waals surface area contributed by atoms with E-state index in [1.54, 1.807) is 0 Å². The van der Waals surface area contributed by atoms with E-state index in [1.165, 1.54) is 21.6 Å². The lowest BCUT2D eigenvalue weighted by atomic mass is 9.87. The van der Waals surface area contributed by atoms with E-state index in [4.69, 9.17) is 5.73 Å². The van der Waals surface area contributed by atoms with Crippen LogP contribution in [0.1, 0.15) is 37.5 Å². The fourth-order valence-electron chi connectivity index (χ4n) is 2.06. The van der Waals surface area contributed by atoms with Crippen molar-refractivity contribution in [3.8, 4) is 0 Å². The highest BCUT2D eigenvalue weighted by molar-refractivity contribution is 7.98. The summed E-state index contributed by atoms with van der Waals surface area (Å²) >= 11 is 1.87. The van der Waals surface area contributed by atoms with Crippen LogP contribution in [0, 0.1) is 0 Å². The van der Waals surface area contributed by atoms with E-state index in [-0.39, 0.29) is 5.41 Å². The summed E-state index contributed by atoms with van der Waals surface area (Å²) in [5.74, 6) is 0.989. The van der Waals surface area contributed by atoms with Gasteiger partial charge >= 0.3 is 0 Å². The monoisotopic (exact) mass is 285 g/mol. The third kappa shape index (κ3) is 4.12. The molecule has 1 nitrogen and oxygen atoms in total. The molecule has 0 aliphatic heterocycles. The van der Waals surface area contributed by atoms with E-state index in [2.05, 4.69) is 69.3 Å². The summed E-state index contributed by atoms with van der Waals surface area (Å²) in [5.41, 5.74) is 9.81. The Kier molecular flexibility index (Phi) is 4.90. The predicted octanol–water partition coefficient (Wildman–Crippen LogP) is 4.74. The lowest BCUT2D eigenvalue weighted by Crippen LogP contribution is -2.10. The summed E-state index contributed by atoms with van der Waals surface area (Å²) < 4.78 is 0. The molecule has 0 aliphatic rings. The topological polar surface area (TPSA) is 26.0 Å². The summed E-state index contributed by atoms with van der Waals surface area (Å²) in [6.45, 7) is 7.34. The maximum Gasteiger partial charge on any atom is 0.0232 e. The van der Waals surface area contributed by atoms with Crippen LogP contribution in [0.25, 0.3) is 0 Å². The second-order valence-electron chi connectivity index (χ2n) is 6.09. The van der Waals surface area contributed by atoms with Crippen molar-refractivity contribution in [3.05, 3.63) is 65.2 Å². The molecule has 0 bridgehead atoms. The van der Waals surface area contributed by atoms with Crippen molar-refractivity contribution in [1.29, 1.82) is 0 Å². The Labute approximate surface area is 126 Å². The normalized spacial score (nSPS) is 11.6. The number of rotatable bonds is 4. The van der Waals surface area contributed by atoms with Crippen LogP contribution in [0.2, 0.25) is 0 Å². The molecule has 2 N–H and O–H groups in total. The molecule has 2 rings (SSSR count). The standard InChI is InChI=1S/C18H23NS/c1-18(2,3)16-7-9-17(10-8-16)20-13-15-6-4-5-14(11-15)12-19/h4-11H,12-13,19H2,1-3H3. The number of hydrogen-bond acceptors (Lipinski definition) is 2. The molecule has 20 heavy (non-hydrogen) atoms. The van der Waals surface area contributed by atoms with Crippen LogP contribution in [0.3, 0.4) is 0 Å². The zero-order valence-corrected chi connectivity index (χ0v) is 13.3. The summed E-state index contributed by atoms with van der Waals surface area (Å²) in [4.78, 5) is 1.32. The zero-order chi connectivity index (χ0) is 14.6. The van der Waals surface area contributed by atoms with E-state index in [0.717, 1.165) is 5.75 Å². The molecule has 106 valence electrons. The van der Waals surface area contributed by atoms with Crippen LogP contribution in [-0.2, 0) is 17.7 Å². The van der Waals surface area contributed by atoms with Gasteiger partial charge in [0.15, 0.2) is 0 Å². The average Bonchev–Trinajstić information content (AvgIpc) is 2.45. The molecule has 0 spiro atoms. The SMILES string of the molecule is CC(C)(C)c1ccc(SCc2cccc(CN)c2)cc1. The van der Waals surface area contributed by atoms with Gasteiger partial charge in [-0.15, -0.1) is 11.8 Å². The average molecular weight is 285 g/mol. The first-order valence-corrected chi connectivity index (χ1v) is 7.99. The highest BCUT2D eigenvalue weighted by atomic mass is 32.2. The molecule has 2 aromatic carbocycles. The molecule has 0 unspecified atom stereocenters.